The first kappa shape index (κ1) is 13.7. The summed E-state index contributed by atoms with van der Waals surface area (Å²) in [7, 11) is 0. The third kappa shape index (κ3) is 3.89. The molecule has 0 radical (unpaired) electrons. The number of ether oxygens (including phenoxy) is 1. The lowest BCUT2D eigenvalue weighted by Crippen LogP contribution is -2.14. The van der Waals surface area contributed by atoms with Gasteiger partial charge in [-0.2, -0.15) is 0 Å². The molecule has 0 saturated carbocycles. The summed E-state index contributed by atoms with van der Waals surface area (Å²) >= 11 is 2.15. The molecule has 0 spiro atoms. The number of ketones is 1. The van der Waals surface area contributed by atoms with Crippen LogP contribution in [-0.4, -0.2) is 18.4 Å². The van der Waals surface area contributed by atoms with Gasteiger partial charge in [-0.3, -0.25) is 4.79 Å². The van der Waals surface area contributed by atoms with Crippen molar-refractivity contribution in [2.75, 3.05) is 6.61 Å². The highest BCUT2D eigenvalue weighted by Gasteiger charge is 2.11. The van der Waals surface area contributed by atoms with Gasteiger partial charge >= 0.3 is 5.97 Å². The summed E-state index contributed by atoms with van der Waals surface area (Å²) in [5.41, 5.74) is 0.985. The van der Waals surface area contributed by atoms with E-state index in [2.05, 4.69) is 22.6 Å². The smallest absolute Gasteiger partial charge is 0.338 e. The quantitative estimate of drug-likeness (QED) is 0.474. The molecule has 96 valence electrons. The first-order valence-corrected chi connectivity index (χ1v) is 6.75. The van der Waals surface area contributed by atoms with Crippen molar-refractivity contribution in [3.63, 3.8) is 0 Å². The summed E-state index contributed by atoms with van der Waals surface area (Å²) in [6.07, 6.45) is 0. The third-order valence-corrected chi connectivity index (χ3v) is 3.23. The molecule has 4 heteroatoms. The lowest BCUT2D eigenvalue weighted by molar-refractivity contribution is 0.0475. The minimum atomic E-state index is -0.485. The van der Waals surface area contributed by atoms with E-state index in [4.69, 9.17) is 4.74 Å². The predicted octanol–water partition coefficient (Wildman–Crippen LogP) is 3.33. The van der Waals surface area contributed by atoms with Crippen molar-refractivity contribution in [1.29, 1.82) is 0 Å². The van der Waals surface area contributed by atoms with Crippen molar-refractivity contribution in [1.82, 2.24) is 0 Å². The fourth-order valence-corrected chi connectivity index (χ4v) is 1.87. The van der Waals surface area contributed by atoms with Gasteiger partial charge < -0.3 is 4.74 Å². The van der Waals surface area contributed by atoms with Crippen LogP contribution in [0.15, 0.2) is 54.6 Å². The summed E-state index contributed by atoms with van der Waals surface area (Å²) in [4.78, 5) is 23.5. The maximum absolute atomic E-state index is 11.8. The summed E-state index contributed by atoms with van der Waals surface area (Å²) in [6.45, 7) is -0.241. The largest absolute Gasteiger partial charge is 0.454 e. The van der Waals surface area contributed by atoms with E-state index in [0.717, 1.165) is 3.57 Å². The van der Waals surface area contributed by atoms with Crippen molar-refractivity contribution >= 4 is 34.3 Å². The van der Waals surface area contributed by atoms with E-state index >= 15 is 0 Å². The Kier molecular flexibility index (Phi) is 4.68. The Hall–Kier alpha value is -1.69. The molecular weight excluding hydrogens is 355 g/mol. The second-order valence-corrected chi connectivity index (χ2v) is 5.12. The molecule has 2 aromatic carbocycles. The Morgan fingerprint density at radius 3 is 2.16 bits per heavy atom. The number of benzene rings is 2. The summed E-state index contributed by atoms with van der Waals surface area (Å²) in [5, 5.41) is 0. The minimum absolute atomic E-state index is 0.209. The highest BCUT2D eigenvalue weighted by Crippen LogP contribution is 2.08. The van der Waals surface area contributed by atoms with Gasteiger partial charge in [-0.1, -0.05) is 30.3 Å². The van der Waals surface area contributed by atoms with Crippen LogP contribution in [-0.2, 0) is 4.74 Å². The van der Waals surface area contributed by atoms with E-state index in [9.17, 15) is 9.59 Å². The van der Waals surface area contributed by atoms with Crippen molar-refractivity contribution in [3.05, 3.63) is 69.3 Å². The molecule has 0 fully saturated rings. The Labute approximate surface area is 124 Å². The van der Waals surface area contributed by atoms with Gasteiger partial charge in [0.2, 0.25) is 0 Å². The maximum atomic E-state index is 11.8. The number of hydrogen-bond acceptors (Lipinski definition) is 3. The minimum Gasteiger partial charge on any atom is -0.454 e. The van der Waals surface area contributed by atoms with Gasteiger partial charge in [0, 0.05) is 9.13 Å². The molecule has 0 aliphatic carbocycles. The SMILES string of the molecule is O=C(COC(=O)c1ccc(I)cc1)c1ccccc1. The van der Waals surface area contributed by atoms with Crippen LogP contribution >= 0.6 is 22.6 Å². The summed E-state index contributed by atoms with van der Waals surface area (Å²) in [6, 6.07) is 15.7. The molecule has 0 unspecified atom stereocenters. The first-order valence-electron chi connectivity index (χ1n) is 5.68. The average Bonchev–Trinajstić information content (AvgIpc) is 2.46. The number of carbonyl (C=O) groups is 2. The second kappa shape index (κ2) is 6.47. The van der Waals surface area contributed by atoms with Crippen LogP contribution in [0.25, 0.3) is 0 Å². The molecule has 2 rings (SSSR count). The van der Waals surface area contributed by atoms with Crippen LogP contribution in [0.3, 0.4) is 0 Å². The van der Waals surface area contributed by atoms with Crippen LogP contribution in [0.2, 0.25) is 0 Å². The standard InChI is InChI=1S/C15H11IO3/c16-13-8-6-12(7-9-13)15(18)19-10-14(17)11-4-2-1-3-5-11/h1-9H,10H2. The molecule has 2 aromatic rings. The number of hydrogen-bond donors (Lipinski definition) is 0. The molecular formula is C15H11IO3. The van der Waals surface area contributed by atoms with Crippen LogP contribution in [0.5, 0.6) is 0 Å². The van der Waals surface area contributed by atoms with Gasteiger partial charge in [0.25, 0.3) is 0 Å². The fourth-order valence-electron chi connectivity index (χ4n) is 1.51. The van der Waals surface area contributed by atoms with Crippen LogP contribution in [0.4, 0.5) is 0 Å². The number of rotatable bonds is 4. The van der Waals surface area contributed by atoms with Crippen molar-refractivity contribution in [2.24, 2.45) is 0 Å². The zero-order chi connectivity index (χ0) is 13.7. The normalized spacial score (nSPS) is 9.95. The third-order valence-electron chi connectivity index (χ3n) is 2.51. The lowest BCUT2D eigenvalue weighted by atomic mass is 10.1. The predicted molar refractivity (Wildman–Crippen MR) is 80.2 cm³/mol. The zero-order valence-electron chi connectivity index (χ0n) is 10.0. The maximum Gasteiger partial charge on any atom is 0.338 e. The molecule has 0 heterocycles. The molecule has 0 aromatic heterocycles. The van der Waals surface area contributed by atoms with E-state index in [0.29, 0.717) is 11.1 Å². The highest BCUT2D eigenvalue weighted by atomic mass is 127. The van der Waals surface area contributed by atoms with Crippen LogP contribution in [0, 0.1) is 3.57 Å². The van der Waals surface area contributed by atoms with Crippen LogP contribution in [0.1, 0.15) is 20.7 Å². The molecule has 3 nitrogen and oxygen atoms in total. The number of carbonyl (C=O) groups excluding carboxylic acids is 2. The molecule has 0 amide bonds. The van der Waals surface area contributed by atoms with Gasteiger partial charge in [-0.25, -0.2) is 4.79 Å². The Morgan fingerprint density at radius 2 is 1.53 bits per heavy atom. The zero-order valence-corrected chi connectivity index (χ0v) is 12.2. The topological polar surface area (TPSA) is 43.4 Å². The average molecular weight is 366 g/mol. The van der Waals surface area contributed by atoms with E-state index in [1.54, 1.807) is 36.4 Å². The second-order valence-electron chi connectivity index (χ2n) is 3.87. The molecule has 0 N–H and O–H groups in total. The Morgan fingerprint density at radius 1 is 0.895 bits per heavy atom. The Balaban J connectivity index is 1.94. The van der Waals surface area contributed by atoms with E-state index < -0.39 is 5.97 Å². The summed E-state index contributed by atoms with van der Waals surface area (Å²) < 4.78 is 6.03. The Bertz CT molecular complexity index is 576. The molecule has 0 aliphatic rings. The molecule has 0 bridgehead atoms. The van der Waals surface area contributed by atoms with Gasteiger partial charge in [-0.15, -0.1) is 0 Å². The lowest BCUT2D eigenvalue weighted by Gasteiger charge is -2.04. The summed E-state index contributed by atoms with van der Waals surface area (Å²) in [5.74, 6) is -0.694. The van der Waals surface area contributed by atoms with E-state index in [1.807, 2.05) is 18.2 Å². The monoisotopic (exact) mass is 366 g/mol. The van der Waals surface area contributed by atoms with Gasteiger partial charge in [0.1, 0.15) is 0 Å². The van der Waals surface area contributed by atoms with Gasteiger partial charge in [-0.05, 0) is 46.9 Å². The molecule has 0 aliphatic heterocycles. The molecule has 0 atom stereocenters. The van der Waals surface area contributed by atoms with Gasteiger partial charge in [0.15, 0.2) is 12.4 Å². The fraction of sp³-hybridized carbons (Fsp3) is 0.0667. The number of esters is 1. The highest BCUT2D eigenvalue weighted by molar-refractivity contribution is 14.1. The first-order chi connectivity index (χ1) is 9.16. The van der Waals surface area contributed by atoms with Crippen LogP contribution < -0.4 is 0 Å². The molecule has 0 saturated heterocycles. The van der Waals surface area contributed by atoms with E-state index in [1.165, 1.54) is 0 Å². The van der Waals surface area contributed by atoms with Crippen molar-refractivity contribution in [3.8, 4) is 0 Å². The number of halogens is 1. The van der Waals surface area contributed by atoms with Crippen molar-refractivity contribution < 1.29 is 14.3 Å². The number of Topliss-reactive ketones (excluding diaryl/α,β-unsaturated/α-hetero) is 1. The van der Waals surface area contributed by atoms with Crippen molar-refractivity contribution in [2.45, 2.75) is 0 Å². The van der Waals surface area contributed by atoms with Gasteiger partial charge in [0.05, 0.1) is 5.56 Å². The molecule has 19 heavy (non-hydrogen) atoms. The van der Waals surface area contributed by atoms with E-state index in [-0.39, 0.29) is 12.4 Å².